The van der Waals surface area contributed by atoms with Gasteiger partial charge in [-0.25, -0.2) is 0 Å². The standard InChI is InChI=1S/C45H54N4O6S/c1-28-13-34-10-9-33-19-40(30(3)15-37(33)43(50)48(34)23-28)54-25-31-16-32(18-35(17-31)47(11-12-52-6)27-45(4,5)56-8)26-55-42-21-39-38(20-41(42)53-7)44(51)49-24-29(2)14-36(49)22-46-39/h15-22,34,36H,1-2,9-14,23-27H2,3-8H3/t34-,36+/m1/s1/i1T,2T. The molecule has 0 aliphatic carbocycles. The Labute approximate surface area is 338 Å². The lowest BCUT2D eigenvalue weighted by molar-refractivity contribution is 0.0741. The van der Waals surface area contributed by atoms with Gasteiger partial charge in [0.15, 0.2) is 11.5 Å². The largest absolute Gasteiger partial charge is 0.493 e. The van der Waals surface area contributed by atoms with Crippen LogP contribution < -0.4 is 19.1 Å². The minimum atomic E-state index is -0.192. The van der Waals surface area contributed by atoms with E-state index in [4.69, 9.17) is 26.7 Å². The van der Waals surface area contributed by atoms with E-state index in [1.165, 1.54) is 13.1 Å². The van der Waals surface area contributed by atoms with Gasteiger partial charge in [-0.15, -0.1) is 0 Å². The first-order chi connectivity index (χ1) is 27.9. The maximum absolute atomic E-state index is 13.7. The molecule has 0 saturated carbocycles. The fourth-order valence-corrected chi connectivity index (χ4v) is 8.37. The topological polar surface area (TPSA) is 93.1 Å². The molecule has 2 amide bonds. The third-order valence-corrected chi connectivity index (χ3v) is 12.5. The van der Waals surface area contributed by atoms with Crippen LogP contribution in [0, 0.1) is 6.92 Å². The van der Waals surface area contributed by atoms with Crippen molar-refractivity contribution in [1.29, 1.82) is 0 Å². The molecule has 0 N–H and O–H groups in total. The van der Waals surface area contributed by atoms with E-state index in [1.807, 2.05) is 35.7 Å². The van der Waals surface area contributed by atoms with Gasteiger partial charge in [0.1, 0.15) is 19.0 Å². The zero-order valence-corrected chi connectivity index (χ0v) is 34.2. The molecule has 2 fully saturated rings. The summed E-state index contributed by atoms with van der Waals surface area (Å²) in [6.07, 6.45) is 6.91. The summed E-state index contributed by atoms with van der Waals surface area (Å²) in [6.45, 7) is 12.7. The Kier molecular flexibility index (Phi) is 10.8. The molecule has 4 aliphatic heterocycles. The van der Waals surface area contributed by atoms with Crippen LogP contribution in [0.15, 0.2) is 71.7 Å². The molecular weight excluding hydrogens is 725 g/mol. The quantitative estimate of drug-likeness (QED) is 0.152. The second kappa shape index (κ2) is 16.4. The highest BCUT2D eigenvalue weighted by atomic mass is 32.2. The maximum Gasteiger partial charge on any atom is 0.257 e. The molecule has 10 nitrogen and oxygen atoms in total. The smallest absolute Gasteiger partial charge is 0.257 e. The number of thioether (sulfide) groups is 1. The van der Waals surface area contributed by atoms with Crippen LogP contribution >= 0.6 is 11.8 Å². The number of carbonyl (C=O) groups excluding carboxylic acids is 2. The molecule has 4 heterocycles. The average molecular weight is 783 g/mol. The fourth-order valence-electron chi connectivity index (χ4n) is 8.08. The number of hydrogen-bond donors (Lipinski definition) is 0. The lowest BCUT2D eigenvalue weighted by Gasteiger charge is -2.33. The molecule has 7 rings (SSSR count). The van der Waals surface area contributed by atoms with Crippen molar-refractivity contribution >= 4 is 41.2 Å². The molecule has 4 aliphatic rings. The number of hydrogen-bond acceptors (Lipinski definition) is 9. The zero-order valence-electron chi connectivity index (χ0n) is 35.4. The predicted octanol–water partition coefficient (Wildman–Crippen LogP) is 7.96. The highest BCUT2D eigenvalue weighted by molar-refractivity contribution is 7.99. The molecule has 2 atom stereocenters. The van der Waals surface area contributed by atoms with Crippen LogP contribution in [-0.4, -0.2) is 97.9 Å². The number of carbonyl (C=O) groups is 2. The van der Waals surface area contributed by atoms with Gasteiger partial charge in [0.2, 0.25) is 0 Å². The van der Waals surface area contributed by atoms with Gasteiger partial charge in [0, 0.05) is 67.6 Å². The van der Waals surface area contributed by atoms with E-state index in [0.29, 0.717) is 62.0 Å². The summed E-state index contributed by atoms with van der Waals surface area (Å²) < 4.78 is 39.7. The number of rotatable bonds is 14. The Bertz CT molecular complexity index is 2150. The van der Waals surface area contributed by atoms with Crippen LogP contribution in [0.25, 0.3) is 0 Å². The van der Waals surface area contributed by atoms with Gasteiger partial charge in [-0.2, -0.15) is 11.8 Å². The summed E-state index contributed by atoms with van der Waals surface area (Å²) in [5.74, 6) is 1.55. The maximum atomic E-state index is 13.7. The Balaban J connectivity index is 1.16. The molecule has 11 heteroatoms. The molecule has 296 valence electrons. The van der Waals surface area contributed by atoms with Gasteiger partial charge in [-0.1, -0.05) is 24.3 Å². The van der Waals surface area contributed by atoms with Crippen molar-refractivity contribution in [1.82, 2.24) is 9.80 Å². The van der Waals surface area contributed by atoms with Gasteiger partial charge >= 0.3 is 0 Å². The molecule has 0 unspecified atom stereocenters. The number of aryl methyl sites for hydroxylation is 2. The van der Waals surface area contributed by atoms with Gasteiger partial charge in [0.25, 0.3) is 11.8 Å². The molecule has 3 aromatic carbocycles. The second-order valence-electron chi connectivity index (χ2n) is 15.9. The van der Waals surface area contributed by atoms with Crippen LogP contribution in [0.5, 0.6) is 17.2 Å². The summed E-state index contributed by atoms with van der Waals surface area (Å²) in [4.78, 5) is 38.0. The molecule has 0 radical (unpaired) electrons. The number of methoxy groups -OCH3 is 2. The first-order valence-electron chi connectivity index (χ1n) is 20.4. The number of benzene rings is 3. The third-order valence-electron chi connectivity index (χ3n) is 11.2. The minimum absolute atomic E-state index is 0.0251. The van der Waals surface area contributed by atoms with E-state index in [-0.39, 0.29) is 35.3 Å². The normalized spacial score (nSPS) is 20.9. The van der Waals surface area contributed by atoms with Gasteiger partial charge < -0.3 is 33.6 Å². The van der Waals surface area contributed by atoms with Crippen molar-refractivity contribution in [3.63, 3.8) is 0 Å². The second-order valence-corrected chi connectivity index (χ2v) is 17.4. The number of anilines is 1. The first kappa shape index (κ1) is 36.9. The van der Waals surface area contributed by atoms with Crippen molar-refractivity contribution in [2.45, 2.75) is 76.5 Å². The zero-order chi connectivity index (χ0) is 41.1. The van der Waals surface area contributed by atoms with E-state index in [1.54, 1.807) is 37.5 Å². The molecule has 0 spiro atoms. The Morgan fingerprint density at radius 1 is 0.911 bits per heavy atom. The number of amides is 2. The SMILES string of the molecule is [3H]C=C1C[C@H]2CCc3cc(OCc4cc(COc5cc6c(cc5OC)C(=O)N5CC(=C[3H])C[C@H]5C=N6)cc(N(CCOC)CC(C)(C)SC)c4)c(C)cc3C(=O)N2C1. The lowest BCUT2D eigenvalue weighted by atomic mass is 9.98. The fraction of sp³-hybridized carbons (Fsp3) is 0.444. The Morgan fingerprint density at radius 3 is 2.34 bits per heavy atom. The highest BCUT2D eigenvalue weighted by Gasteiger charge is 2.36. The van der Waals surface area contributed by atoms with Crippen molar-refractivity contribution in [2.24, 2.45) is 4.99 Å². The summed E-state index contributed by atoms with van der Waals surface area (Å²) in [7, 11) is 3.28. The summed E-state index contributed by atoms with van der Waals surface area (Å²) in [5, 5.41) is 0. The number of ether oxygens (including phenoxy) is 4. The van der Waals surface area contributed by atoms with Crippen molar-refractivity contribution in [3.05, 3.63) is 100 Å². The van der Waals surface area contributed by atoms with Crippen molar-refractivity contribution in [2.75, 3.05) is 58.2 Å². The Morgan fingerprint density at radius 2 is 1.62 bits per heavy atom. The predicted molar refractivity (Wildman–Crippen MR) is 225 cm³/mol. The van der Waals surface area contributed by atoms with Gasteiger partial charge in [0.05, 0.1) is 33.8 Å². The van der Waals surface area contributed by atoms with Crippen LogP contribution in [-0.2, 0) is 24.4 Å². The van der Waals surface area contributed by atoms with Crippen LogP contribution in [0.2, 0.25) is 0 Å². The number of fused-ring (bicyclic) bond motifs is 4. The number of aliphatic imine (C=N–C) groups is 1. The average Bonchev–Trinajstić information content (AvgIpc) is 3.80. The molecule has 56 heavy (non-hydrogen) atoms. The van der Waals surface area contributed by atoms with Gasteiger partial charge in [-0.3, -0.25) is 14.6 Å². The van der Waals surface area contributed by atoms with Crippen molar-refractivity contribution < 1.29 is 31.3 Å². The first-order valence-corrected chi connectivity index (χ1v) is 20.5. The van der Waals surface area contributed by atoms with E-state index in [0.717, 1.165) is 76.2 Å². The van der Waals surface area contributed by atoms with E-state index in [9.17, 15) is 9.59 Å². The summed E-state index contributed by atoms with van der Waals surface area (Å²) in [5.41, 5.74) is 8.40. The third kappa shape index (κ3) is 8.34. The Hall–Kier alpha value is -4.74. The monoisotopic (exact) mass is 782 g/mol. The van der Waals surface area contributed by atoms with Crippen molar-refractivity contribution in [3.8, 4) is 17.2 Å². The summed E-state index contributed by atoms with van der Waals surface area (Å²) in [6, 6.07) is 13.8. The molecule has 0 bridgehead atoms. The molecule has 3 aromatic rings. The van der Waals surface area contributed by atoms with Gasteiger partial charge in [-0.05, 0) is 111 Å². The van der Waals surface area contributed by atoms with E-state index >= 15 is 0 Å². The van der Waals surface area contributed by atoms with E-state index < -0.39 is 0 Å². The van der Waals surface area contributed by atoms with Crippen LogP contribution in [0.3, 0.4) is 0 Å². The molecule has 2 saturated heterocycles. The minimum Gasteiger partial charge on any atom is -0.493 e. The van der Waals surface area contributed by atoms with E-state index in [2.05, 4.69) is 43.2 Å². The highest BCUT2D eigenvalue weighted by Crippen LogP contribution is 2.40. The molecular formula is C45H54N4O6S. The molecule has 0 aromatic heterocycles. The summed E-state index contributed by atoms with van der Waals surface area (Å²) >= 11 is 1.82. The van der Waals surface area contributed by atoms with Crippen LogP contribution in [0.4, 0.5) is 11.4 Å². The number of nitrogens with zero attached hydrogens (tertiary/aromatic N) is 4. The van der Waals surface area contributed by atoms with Crippen LogP contribution in [0.1, 0.15) is 78.8 Å². The lowest BCUT2D eigenvalue weighted by Crippen LogP contribution is -2.38.